The molecule has 5 rings (SSSR count). The van der Waals surface area contributed by atoms with E-state index in [-0.39, 0.29) is 28.3 Å². The number of Topliss-reactive ketones (excluding diaryl/α,β-unsaturated/α-hetero) is 1. The van der Waals surface area contributed by atoms with Crippen LogP contribution in [0.3, 0.4) is 0 Å². The molecule has 202 valence electrons. The number of hydrogen-bond donors (Lipinski definition) is 2. The summed E-state index contributed by atoms with van der Waals surface area (Å²) in [6.07, 6.45) is 7.92. The average Bonchev–Trinajstić information content (AvgIpc) is 3.17. The molecule has 0 heterocycles. The summed E-state index contributed by atoms with van der Waals surface area (Å²) in [7, 11) is 1.71. The summed E-state index contributed by atoms with van der Waals surface area (Å²) >= 11 is 0. The number of carbonyl (C=O) groups is 2. The predicted octanol–water partition coefficient (Wildman–Crippen LogP) is 5.49. The molecular weight excluding hydrogens is 468 g/mol. The van der Waals surface area contributed by atoms with Gasteiger partial charge in [-0.05, 0) is 111 Å². The molecule has 4 unspecified atom stereocenters. The average molecular weight is 511 g/mol. The zero-order valence-electron chi connectivity index (χ0n) is 22.9. The molecule has 1 aromatic carbocycles. The van der Waals surface area contributed by atoms with E-state index >= 15 is 0 Å². The maximum atomic E-state index is 12.8. The lowest BCUT2D eigenvalue weighted by atomic mass is 9.46. The van der Waals surface area contributed by atoms with E-state index in [2.05, 4.69) is 19.9 Å². The van der Waals surface area contributed by atoms with Crippen LogP contribution in [0.2, 0.25) is 0 Å². The van der Waals surface area contributed by atoms with Crippen molar-refractivity contribution in [3.63, 3.8) is 0 Å². The van der Waals surface area contributed by atoms with Gasteiger partial charge in [0.1, 0.15) is 11.7 Å². The predicted molar refractivity (Wildman–Crippen MR) is 140 cm³/mol. The monoisotopic (exact) mass is 510 g/mol. The Balaban J connectivity index is 1.40. The first kappa shape index (κ1) is 26.6. The number of ether oxygens (including phenoxy) is 2. The molecule has 0 amide bonds. The van der Waals surface area contributed by atoms with Gasteiger partial charge >= 0.3 is 5.97 Å². The summed E-state index contributed by atoms with van der Waals surface area (Å²) < 4.78 is 12.5. The number of carbonyl (C=O) groups excluding carboxylic acids is 1. The molecule has 0 bridgehead atoms. The number of methoxy groups -OCH3 is 1. The lowest BCUT2D eigenvalue weighted by Gasteiger charge is -2.60. The van der Waals surface area contributed by atoms with E-state index in [9.17, 15) is 19.8 Å². The number of carboxylic acid groups (broad SMARTS) is 1. The molecular formula is C31H42O6. The largest absolute Gasteiger partial charge is 0.478 e. The Hall–Kier alpha value is -2.02. The fraction of sp³-hybridized carbons (Fsp3) is 0.677. The number of aliphatic hydroxyl groups excluding tert-OH is 1. The van der Waals surface area contributed by atoms with Gasteiger partial charge in [-0.1, -0.05) is 26.0 Å². The van der Waals surface area contributed by atoms with Crippen molar-refractivity contribution in [2.24, 2.45) is 28.6 Å². The molecule has 4 aliphatic rings. The Morgan fingerprint density at radius 2 is 1.81 bits per heavy atom. The fourth-order valence-electron chi connectivity index (χ4n) is 9.12. The van der Waals surface area contributed by atoms with Gasteiger partial charge in [-0.2, -0.15) is 0 Å². The van der Waals surface area contributed by atoms with Crippen LogP contribution >= 0.6 is 0 Å². The van der Waals surface area contributed by atoms with Crippen molar-refractivity contribution in [3.05, 3.63) is 46.5 Å². The quantitative estimate of drug-likeness (QED) is 0.492. The Kier molecular flexibility index (Phi) is 6.69. The van der Waals surface area contributed by atoms with E-state index in [0.717, 1.165) is 49.7 Å². The fourth-order valence-corrected chi connectivity index (χ4v) is 9.12. The molecule has 3 fully saturated rings. The number of rotatable bonds is 6. The van der Waals surface area contributed by atoms with E-state index in [0.29, 0.717) is 30.8 Å². The van der Waals surface area contributed by atoms with Crippen LogP contribution in [0.15, 0.2) is 29.8 Å². The smallest absolute Gasteiger partial charge is 0.335 e. The van der Waals surface area contributed by atoms with Crippen molar-refractivity contribution >= 4 is 11.8 Å². The van der Waals surface area contributed by atoms with Crippen molar-refractivity contribution < 1.29 is 29.3 Å². The minimum absolute atomic E-state index is 0.0368. The second-order valence-electron chi connectivity index (χ2n) is 12.6. The molecule has 0 radical (unpaired) electrons. The highest BCUT2D eigenvalue weighted by molar-refractivity contribution is 5.88. The first-order valence-corrected chi connectivity index (χ1v) is 13.9. The number of aromatic carboxylic acids is 1. The highest BCUT2D eigenvalue weighted by Crippen LogP contribution is 2.68. The third-order valence-corrected chi connectivity index (χ3v) is 11.2. The van der Waals surface area contributed by atoms with Crippen LogP contribution in [-0.4, -0.2) is 46.9 Å². The number of carboxylic acids is 1. The van der Waals surface area contributed by atoms with Crippen molar-refractivity contribution in [3.8, 4) is 0 Å². The van der Waals surface area contributed by atoms with Crippen molar-refractivity contribution in [1.82, 2.24) is 0 Å². The van der Waals surface area contributed by atoms with Crippen LogP contribution in [0.4, 0.5) is 0 Å². The summed E-state index contributed by atoms with van der Waals surface area (Å²) in [4.78, 5) is 24.1. The van der Waals surface area contributed by atoms with E-state index in [4.69, 9.17) is 9.47 Å². The van der Waals surface area contributed by atoms with Crippen LogP contribution in [0.25, 0.3) is 0 Å². The topological polar surface area (TPSA) is 93.1 Å². The van der Waals surface area contributed by atoms with E-state index in [1.54, 1.807) is 26.2 Å². The molecule has 0 aliphatic heterocycles. The van der Waals surface area contributed by atoms with Gasteiger partial charge in [-0.25, -0.2) is 4.79 Å². The van der Waals surface area contributed by atoms with E-state index in [1.807, 2.05) is 13.0 Å². The number of hydrogen-bond acceptors (Lipinski definition) is 5. The third-order valence-electron chi connectivity index (χ3n) is 11.2. The second kappa shape index (κ2) is 9.32. The minimum Gasteiger partial charge on any atom is -0.478 e. The van der Waals surface area contributed by atoms with Gasteiger partial charge in [-0.15, -0.1) is 0 Å². The molecule has 0 spiro atoms. The summed E-state index contributed by atoms with van der Waals surface area (Å²) in [6.45, 7) is 8.60. The first-order chi connectivity index (χ1) is 17.5. The Morgan fingerprint density at radius 3 is 2.46 bits per heavy atom. The van der Waals surface area contributed by atoms with Crippen LogP contribution < -0.4 is 0 Å². The van der Waals surface area contributed by atoms with Gasteiger partial charge in [0.25, 0.3) is 0 Å². The van der Waals surface area contributed by atoms with Gasteiger partial charge in [0.15, 0.2) is 5.78 Å². The summed E-state index contributed by atoms with van der Waals surface area (Å²) in [6, 6.07) is 5.11. The summed E-state index contributed by atoms with van der Waals surface area (Å²) in [5.41, 5.74) is 2.48. The molecule has 0 aromatic heterocycles. The van der Waals surface area contributed by atoms with Crippen molar-refractivity contribution in [1.29, 1.82) is 0 Å². The zero-order chi connectivity index (χ0) is 26.8. The molecule has 8 atom stereocenters. The first-order valence-electron chi connectivity index (χ1n) is 13.9. The van der Waals surface area contributed by atoms with E-state index < -0.39 is 17.7 Å². The number of allylic oxidation sites excluding steroid dienone is 1. The van der Waals surface area contributed by atoms with E-state index in [1.165, 1.54) is 5.57 Å². The summed E-state index contributed by atoms with van der Waals surface area (Å²) in [5, 5.41) is 20.3. The Labute approximate surface area is 220 Å². The SMILES string of the molecule is CO[C@@]1(C(C)=O)CCC2C3CC=C4C(OCc5ccc(C(=O)O)cc5C)[C@@H](O)CC[C@]4(C)C3CC[C@@]21C. The van der Waals surface area contributed by atoms with Crippen LogP contribution in [0, 0.1) is 35.5 Å². The Morgan fingerprint density at radius 1 is 1.08 bits per heavy atom. The number of ketones is 1. The molecule has 3 saturated carbocycles. The number of benzene rings is 1. The van der Waals surface area contributed by atoms with Gasteiger partial charge in [-0.3, -0.25) is 4.79 Å². The second-order valence-corrected chi connectivity index (χ2v) is 12.6. The highest BCUT2D eigenvalue weighted by Gasteiger charge is 2.66. The lowest BCUT2D eigenvalue weighted by molar-refractivity contribution is -0.168. The maximum absolute atomic E-state index is 12.8. The van der Waals surface area contributed by atoms with Crippen LogP contribution in [0.5, 0.6) is 0 Å². The number of aliphatic hydroxyl groups is 1. The molecule has 6 nitrogen and oxygen atoms in total. The Bertz CT molecular complexity index is 1120. The number of aryl methyl sites for hydroxylation is 1. The molecule has 2 N–H and O–H groups in total. The van der Waals surface area contributed by atoms with Crippen LogP contribution in [-0.2, 0) is 20.9 Å². The van der Waals surface area contributed by atoms with Gasteiger partial charge in [0.2, 0.25) is 0 Å². The van der Waals surface area contributed by atoms with Gasteiger partial charge in [0, 0.05) is 12.5 Å². The number of fused-ring (bicyclic) bond motifs is 5. The minimum atomic E-state index is -0.937. The lowest BCUT2D eigenvalue weighted by Crippen LogP contribution is -2.58. The highest BCUT2D eigenvalue weighted by atomic mass is 16.5. The normalized spacial score (nSPS) is 40.8. The van der Waals surface area contributed by atoms with Crippen molar-refractivity contribution in [2.45, 2.75) is 97.1 Å². The third kappa shape index (κ3) is 3.85. The molecule has 4 aliphatic carbocycles. The summed E-state index contributed by atoms with van der Waals surface area (Å²) in [5.74, 6) is 0.683. The van der Waals surface area contributed by atoms with Gasteiger partial charge in [0.05, 0.1) is 18.3 Å². The molecule has 6 heteroatoms. The molecule has 1 aromatic rings. The maximum Gasteiger partial charge on any atom is 0.335 e. The van der Waals surface area contributed by atoms with Gasteiger partial charge < -0.3 is 19.7 Å². The zero-order valence-corrected chi connectivity index (χ0v) is 22.9. The van der Waals surface area contributed by atoms with Crippen molar-refractivity contribution in [2.75, 3.05) is 7.11 Å². The molecule has 37 heavy (non-hydrogen) atoms. The standard InChI is InChI=1S/C31H42O6/c1-18-16-20(28(34)35)6-7-21(18)17-37-27-25-9-8-22-23(29(25,3)13-12-26(27)33)10-14-30(4)24(22)11-15-31(30,36-5)19(2)32/h6-7,9,16,22-24,26-27,33H,8,10-15,17H2,1-5H3,(H,34,35)/t22?,23?,24?,26-,27?,29+,30-,31+/m0/s1. The molecule has 0 saturated heterocycles. The van der Waals surface area contributed by atoms with Crippen LogP contribution in [0.1, 0.15) is 87.2 Å².